The van der Waals surface area contributed by atoms with Crippen molar-refractivity contribution in [3.05, 3.63) is 0 Å². The summed E-state index contributed by atoms with van der Waals surface area (Å²) in [5.41, 5.74) is 0. The molecule has 0 N–H and O–H groups in total. The zero-order valence-corrected chi connectivity index (χ0v) is 10.1. The van der Waals surface area contributed by atoms with E-state index in [0.29, 0.717) is 13.0 Å². The Hall–Kier alpha value is -0.0900. The van der Waals surface area contributed by atoms with Gasteiger partial charge in [0.2, 0.25) is 5.91 Å². The Kier molecular flexibility index (Phi) is 6.19. The molecule has 14 heavy (non-hydrogen) atoms. The fourth-order valence-corrected chi connectivity index (χ4v) is 1.92. The first-order chi connectivity index (χ1) is 6.84. The predicted octanol–water partition coefficient (Wildman–Crippen LogP) is 1.80. The van der Waals surface area contributed by atoms with Crippen LogP contribution in [0.1, 0.15) is 25.7 Å². The number of ether oxygens (including phenoxy) is 1. The summed E-state index contributed by atoms with van der Waals surface area (Å²) in [7, 11) is 0. The van der Waals surface area contributed by atoms with Gasteiger partial charge in [-0.05, 0) is 19.3 Å². The molecule has 3 nitrogen and oxygen atoms in total. The number of halogens is 1. The van der Waals surface area contributed by atoms with Crippen molar-refractivity contribution in [1.29, 1.82) is 0 Å². The third-order valence-corrected chi connectivity index (χ3v) is 2.91. The van der Waals surface area contributed by atoms with Crippen LogP contribution in [-0.2, 0) is 9.53 Å². The Bertz CT molecular complexity index is 168. The van der Waals surface area contributed by atoms with Crippen molar-refractivity contribution in [2.45, 2.75) is 25.7 Å². The highest BCUT2D eigenvalue weighted by atomic mass is 79.9. The van der Waals surface area contributed by atoms with Crippen molar-refractivity contribution in [1.82, 2.24) is 4.90 Å². The summed E-state index contributed by atoms with van der Waals surface area (Å²) in [4.78, 5) is 13.6. The minimum atomic E-state index is 0.288. The molecule has 1 amide bonds. The Morgan fingerprint density at radius 1 is 1.29 bits per heavy atom. The van der Waals surface area contributed by atoms with Crippen LogP contribution in [0, 0.1) is 0 Å². The maximum absolute atomic E-state index is 11.7. The molecule has 1 aliphatic heterocycles. The van der Waals surface area contributed by atoms with Crippen LogP contribution in [0.15, 0.2) is 0 Å². The molecule has 0 unspecified atom stereocenters. The standard InChI is InChI=1S/C10H18BrNO2/c11-5-2-1-4-10(13)12-6-3-8-14-9-7-12/h1-9H2. The van der Waals surface area contributed by atoms with Crippen LogP contribution in [0.25, 0.3) is 0 Å². The van der Waals surface area contributed by atoms with Gasteiger partial charge < -0.3 is 9.64 Å². The third kappa shape index (κ3) is 4.42. The van der Waals surface area contributed by atoms with Crippen molar-refractivity contribution >= 4 is 21.8 Å². The number of hydrogen-bond acceptors (Lipinski definition) is 2. The summed E-state index contributed by atoms with van der Waals surface area (Å²) in [6, 6.07) is 0. The Labute approximate surface area is 93.9 Å². The number of rotatable bonds is 4. The topological polar surface area (TPSA) is 29.5 Å². The predicted molar refractivity (Wildman–Crippen MR) is 59.7 cm³/mol. The second-order valence-electron chi connectivity index (χ2n) is 3.49. The van der Waals surface area contributed by atoms with E-state index < -0.39 is 0 Å². The first-order valence-corrected chi connectivity index (χ1v) is 6.38. The molecule has 4 heteroatoms. The van der Waals surface area contributed by atoms with E-state index in [1.54, 1.807) is 0 Å². The van der Waals surface area contributed by atoms with E-state index in [1.165, 1.54) is 0 Å². The smallest absolute Gasteiger partial charge is 0.222 e. The van der Waals surface area contributed by atoms with E-state index in [0.717, 1.165) is 44.3 Å². The minimum absolute atomic E-state index is 0.288. The van der Waals surface area contributed by atoms with Crippen LogP contribution in [0.5, 0.6) is 0 Å². The average molecular weight is 264 g/mol. The van der Waals surface area contributed by atoms with Gasteiger partial charge in [0.05, 0.1) is 6.61 Å². The molecule has 0 aromatic carbocycles. The van der Waals surface area contributed by atoms with Gasteiger partial charge in [-0.25, -0.2) is 0 Å². The summed E-state index contributed by atoms with van der Waals surface area (Å²) in [5, 5.41) is 0.989. The van der Waals surface area contributed by atoms with Crippen molar-refractivity contribution < 1.29 is 9.53 Å². The number of unbranched alkanes of at least 4 members (excludes halogenated alkanes) is 1. The van der Waals surface area contributed by atoms with Crippen LogP contribution < -0.4 is 0 Å². The van der Waals surface area contributed by atoms with E-state index in [9.17, 15) is 4.79 Å². The SMILES string of the molecule is O=C(CCCCBr)N1CCCOCC1. The van der Waals surface area contributed by atoms with Gasteiger partial charge in [-0.15, -0.1) is 0 Å². The summed E-state index contributed by atoms with van der Waals surface area (Å²) >= 11 is 3.36. The molecule has 0 aromatic rings. The maximum atomic E-state index is 11.7. The van der Waals surface area contributed by atoms with Crippen LogP contribution >= 0.6 is 15.9 Å². The number of carbonyl (C=O) groups is 1. The summed E-state index contributed by atoms with van der Waals surface area (Å²) in [6.07, 6.45) is 3.73. The van der Waals surface area contributed by atoms with Gasteiger partial charge >= 0.3 is 0 Å². The lowest BCUT2D eigenvalue weighted by Gasteiger charge is -2.19. The molecule has 0 atom stereocenters. The Morgan fingerprint density at radius 2 is 2.14 bits per heavy atom. The number of alkyl halides is 1. The van der Waals surface area contributed by atoms with Gasteiger partial charge in [-0.1, -0.05) is 15.9 Å². The second kappa shape index (κ2) is 7.23. The second-order valence-corrected chi connectivity index (χ2v) is 4.29. The van der Waals surface area contributed by atoms with Crippen LogP contribution in [0.4, 0.5) is 0 Å². The molecule has 0 radical (unpaired) electrons. The number of amides is 1. The molecule has 1 rings (SSSR count). The van der Waals surface area contributed by atoms with Crippen molar-refractivity contribution in [2.24, 2.45) is 0 Å². The summed E-state index contributed by atoms with van der Waals surface area (Å²) < 4.78 is 5.30. The van der Waals surface area contributed by atoms with Crippen molar-refractivity contribution in [3.8, 4) is 0 Å². The van der Waals surface area contributed by atoms with Crippen molar-refractivity contribution in [3.63, 3.8) is 0 Å². The molecular formula is C10H18BrNO2. The van der Waals surface area contributed by atoms with E-state index >= 15 is 0 Å². The quantitative estimate of drug-likeness (QED) is 0.572. The number of carbonyl (C=O) groups excluding carboxylic acids is 1. The lowest BCUT2D eigenvalue weighted by molar-refractivity contribution is -0.131. The van der Waals surface area contributed by atoms with Crippen LogP contribution in [0.2, 0.25) is 0 Å². The molecule has 1 fully saturated rings. The van der Waals surface area contributed by atoms with Gasteiger partial charge in [-0.3, -0.25) is 4.79 Å². The lowest BCUT2D eigenvalue weighted by atomic mass is 10.2. The molecule has 1 heterocycles. The first-order valence-electron chi connectivity index (χ1n) is 5.26. The molecule has 0 aromatic heterocycles. The maximum Gasteiger partial charge on any atom is 0.222 e. The van der Waals surface area contributed by atoms with Crippen LogP contribution in [0.3, 0.4) is 0 Å². The van der Waals surface area contributed by atoms with E-state index in [2.05, 4.69) is 15.9 Å². The molecule has 82 valence electrons. The van der Waals surface area contributed by atoms with Gasteiger partial charge in [0, 0.05) is 31.4 Å². The average Bonchev–Trinajstić information content (AvgIpc) is 2.46. The number of hydrogen-bond donors (Lipinski definition) is 0. The molecule has 0 saturated carbocycles. The lowest BCUT2D eigenvalue weighted by Crippen LogP contribution is -2.32. The van der Waals surface area contributed by atoms with Gasteiger partial charge in [0.1, 0.15) is 0 Å². The van der Waals surface area contributed by atoms with Crippen molar-refractivity contribution in [2.75, 3.05) is 31.6 Å². The molecule has 0 bridgehead atoms. The highest BCUT2D eigenvalue weighted by Crippen LogP contribution is 2.05. The van der Waals surface area contributed by atoms with E-state index in [4.69, 9.17) is 4.74 Å². The fourth-order valence-electron chi connectivity index (χ4n) is 1.52. The van der Waals surface area contributed by atoms with Gasteiger partial charge in [-0.2, -0.15) is 0 Å². The first kappa shape index (κ1) is 12.0. The Balaban J connectivity index is 2.20. The molecule has 0 aliphatic carbocycles. The van der Waals surface area contributed by atoms with Crippen LogP contribution in [-0.4, -0.2) is 42.4 Å². The fraction of sp³-hybridized carbons (Fsp3) is 0.900. The molecule has 1 saturated heterocycles. The highest BCUT2D eigenvalue weighted by Gasteiger charge is 2.14. The summed E-state index contributed by atoms with van der Waals surface area (Å²) in [6.45, 7) is 3.13. The van der Waals surface area contributed by atoms with E-state index in [1.807, 2.05) is 4.90 Å². The Morgan fingerprint density at radius 3 is 2.93 bits per heavy atom. The highest BCUT2D eigenvalue weighted by molar-refractivity contribution is 9.09. The third-order valence-electron chi connectivity index (χ3n) is 2.35. The number of nitrogens with zero attached hydrogens (tertiary/aromatic N) is 1. The largest absolute Gasteiger partial charge is 0.380 e. The van der Waals surface area contributed by atoms with Gasteiger partial charge in [0.25, 0.3) is 0 Å². The molecule has 1 aliphatic rings. The monoisotopic (exact) mass is 263 g/mol. The van der Waals surface area contributed by atoms with Gasteiger partial charge in [0.15, 0.2) is 0 Å². The minimum Gasteiger partial charge on any atom is -0.380 e. The summed E-state index contributed by atoms with van der Waals surface area (Å²) in [5.74, 6) is 0.288. The molecular weight excluding hydrogens is 246 g/mol. The normalized spacial score (nSPS) is 17.9. The molecule has 0 spiro atoms. The van der Waals surface area contributed by atoms with E-state index in [-0.39, 0.29) is 5.91 Å². The zero-order valence-electron chi connectivity index (χ0n) is 8.51. The zero-order chi connectivity index (χ0) is 10.2.